The molecule has 0 saturated carbocycles. The molecule has 0 spiro atoms. The third-order valence-corrected chi connectivity index (χ3v) is 2.09. The van der Waals surface area contributed by atoms with Crippen LogP contribution in [-0.4, -0.2) is 84.2 Å². The molecule has 0 aromatic rings. The highest BCUT2D eigenvalue weighted by molar-refractivity contribution is 6.51. The molecule has 0 saturated heterocycles. The van der Waals surface area contributed by atoms with Crippen LogP contribution in [0.5, 0.6) is 0 Å². The normalized spacial score (nSPS) is 20.7. The van der Waals surface area contributed by atoms with Gasteiger partial charge < -0.3 is 40.7 Å². The monoisotopic (exact) mass is 240 g/mol. The van der Waals surface area contributed by atoms with Crippen LogP contribution in [0.3, 0.4) is 0 Å². The summed E-state index contributed by atoms with van der Waals surface area (Å²) < 4.78 is 0. The number of hydrogen-bond donors (Lipinski definition) is 8. The second-order valence-electron chi connectivity index (χ2n) is 3.19. The van der Waals surface area contributed by atoms with Crippen LogP contribution in [0.15, 0.2) is 0 Å². The first kappa shape index (κ1) is 15.3. The molecule has 0 aromatic carbocycles. The molecule has 0 unspecified atom stereocenters. The van der Waals surface area contributed by atoms with Gasteiger partial charge in [-0.15, -0.1) is 0 Å². The Morgan fingerprint density at radius 2 is 1.69 bits per heavy atom. The second-order valence-corrected chi connectivity index (χ2v) is 3.19. The maximum Gasteiger partial charge on any atom is 0.500 e. The van der Waals surface area contributed by atoms with Gasteiger partial charge in [0.2, 0.25) is 5.50 Å². The molecule has 4 atom stereocenters. The van der Waals surface area contributed by atoms with E-state index < -0.39 is 43.5 Å². The van der Waals surface area contributed by atoms with Crippen molar-refractivity contribution in [2.75, 3.05) is 6.61 Å². The Kier molecular flexibility index (Phi) is 5.29. The minimum atomic E-state index is -3.48. The SMILES string of the molecule is O=C(O)[C@@](O)(B(O)O)[C@@H](O)[C@H](O)[C@H](O)CO. The topological polar surface area (TPSA) is 179 Å². The maximum atomic E-state index is 10.5. The quantitative estimate of drug-likeness (QED) is 0.211. The molecular weight excluding hydrogens is 227 g/mol. The van der Waals surface area contributed by atoms with Gasteiger partial charge in [-0.1, -0.05) is 0 Å². The predicted molar refractivity (Wildman–Crippen MR) is 47.9 cm³/mol. The number of aliphatic carboxylic acids is 1. The first-order valence-corrected chi connectivity index (χ1v) is 4.16. The van der Waals surface area contributed by atoms with Crippen molar-refractivity contribution < 1.29 is 45.5 Å². The summed E-state index contributed by atoms with van der Waals surface area (Å²) in [5.74, 6) is -2.21. The van der Waals surface area contributed by atoms with Gasteiger partial charge in [-0.25, -0.2) is 4.79 Å². The molecule has 94 valence electrons. The summed E-state index contributed by atoms with van der Waals surface area (Å²) >= 11 is 0. The van der Waals surface area contributed by atoms with Crippen molar-refractivity contribution in [1.29, 1.82) is 0 Å². The summed E-state index contributed by atoms with van der Waals surface area (Å²) in [6, 6.07) is 0. The van der Waals surface area contributed by atoms with Crippen molar-refractivity contribution >= 4 is 13.1 Å². The third-order valence-electron chi connectivity index (χ3n) is 2.09. The van der Waals surface area contributed by atoms with E-state index >= 15 is 0 Å². The summed E-state index contributed by atoms with van der Waals surface area (Å²) in [5.41, 5.74) is -3.48. The summed E-state index contributed by atoms with van der Waals surface area (Å²) in [6.45, 7) is -1.02. The Morgan fingerprint density at radius 3 is 1.94 bits per heavy atom. The van der Waals surface area contributed by atoms with Gasteiger partial charge in [0.05, 0.1) is 6.61 Å². The van der Waals surface area contributed by atoms with Crippen LogP contribution >= 0.6 is 0 Å². The molecule has 0 rings (SSSR count). The minimum absolute atomic E-state index is 1.02. The molecule has 0 amide bonds. The molecule has 0 aliphatic heterocycles. The van der Waals surface area contributed by atoms with E-state index in [2.05, 4.69) is 0 Å². The van der Waals surface area contributed by atoms with Crippen LogP contribution in [0.25, 0.3) is 0 Å². The number of carbonyl (C=O) groups is 1. The third kappa shape index (κ3) is 2.68. The number of carboxylic acids is 1. The molecule has 0 aliphatic carbocycles. The van der Waals surface area contributed by atoms with Crippen LogP contribution in [-0.2, 0) is 4.79 Å². The van der Waals surface area contributed by atoms with Crippen molar-refractivity contribution in [2.24, 2.45) is 0 Å². The fraction of sp³-hybridized carbons (Fsp3) is 0.833. The Labute approximate surface area is 90.0 Å². The average Bonchev–Trinajstić information content (AvgIpc) is 2.23. The molecule has 9 nitrogen and oxygen atoms in total. The van der Waals surface area contributed by atoms with Gasteiger partial charge in [-0.05, 0) is 0 Å². The lowest BCUT2D eigenvalue weighted by Crippen LogP contribution is -2.66. The van der Waals surface area contributed by atoms with Crippen molar-refractivity contribution in [3.05, 3.63) is 0 Å². The number of rotatable bonds is 6. The number of hydrogen-bond acceptors (Lipinski definition) is 8. The van der Waals surface area contributed by atoms with Crippen LogP contribution < -0.4 is 0 Å². The highest BCUT2D eigenvalue weighted by Gasteiger charge is 2.57. The van der Waals surface area contributed by atoms with Crippen molar-refractivity contribution in [3.63, 3.8) is 0 Å². The van der Waals surface area contributed by atoms with Gasteiger partial charge in [-0.3, -0.25) is 0 Å². The number of carboxylic acid groups (broad SMARTS) is 1. The zero-order valence-electron chi connectivity index (χ0n) is 8.00. The molecule has 0 radical (unpaired) electrons. The van der Waals surface area contributed by atoms with E-state index in [1.54, 1.807) is 0 Å². The molecule has 10 heteroatoms. The largest absolute Gasteiger partial charge is 0.500 e. The maximum absolute atomic E-state index is 10.5. The standard InChI is InChI=1S/C6H13BO9/c8-1-2(9)3(10)4(11)6(14,5(12)13)7(15)16/h2-4,8-11,14-16H,1H2,(H,12,13)/t2-,3-,4+,6-/m1/s1. The molecule has 0 heterocycles. The predicted octanol–water partition coefficient (Wildman–Crippen LogP) is -5.11. The molecule has 0 aliphatic rings. The van der Waals surface area contributed by atoms with E-state index in [1.165, 1.54) is 0 Å². The smallest absolute Gasteiger partial charge is 0.479 e. The summed E-state index contributed by atoms with van der Waals surface area (Å²) in [4.78, 5) is 10.5. The minimum Gasteiger partial charge on any atom is -0.479 e. The van der Waals surface area contributed by atoms with Crippen LogP contribution in [0.1, 0.15) is 0 Å². The Morgan fingerprint density at radius 1 is 1.25 bits per heavy atom. The van der Waals surface area contributed by atoms with Gasteiger partial charge in [-0.2, -0.15) is 0 Å². The zero-order chi connectivity index (χ0) is 13.1. The summed E-state index contributed by atoms with van der Waals surface area (Å²) in [6.07, 6.45) is -6.82. The van der Waals surface area contributed by atoms with Gasteiger partial charge in [0.25, 0.3) is 0 Å². The van der Waals surface area contributed by atoms with E-state index in [9.17, 15) is 15.0 Å². The average molecular weight is 240 g/mol. The molecule has 0 aromatic heterocycles. The molecule has 8 N–H and O–H groups in total. The number of aliphatic hydroxyl groups is 5. The van der Waals surface area contributed by atoms with E-state index in [-0.39, 0.29) is 0 Å². The van der Waals surface area contributed by atoms with Crippen molar-refractivity contribution in [1.82, 2.24) is 0 Å². The van der Waals surface area contributed by atoms with Gasteiger partial charge >= 0.3 is 13.1 Å². The van der Waals surface area contributed by atoms with Gasteiger partial charge in [0, 0.05) is 0 Å². The van der Waals surface area contributed by atoms with Crippen molar-refractivity contribution in [3.8, 4) is 0 Å². The Bertz CT molecular complexity index is 246. The van der Waals surface area contributed by atoms with E-state index in [0.717, 1.165) is 0 Å². The van der Waals surface area contributed by atoms with E-state index in [0.29, 0.717) is 0 Å². The number of aliphatic hydroxyl groups excluding tert-OH is 4. The molecule has 0 fully saturated rings. The first-order chi connectivity index (χ1) is 7.19. The molecular formula is C6H13BO9. The van der Waals surface area contributed by atoms with Crippen LogP contribution in [0, 0.1) is 0 Å². The van der Waals surface area contributed by atoms with E-state index in [4.69, 9.17) is 30.5 Å². The highest BCUT2D eigenvalue weighted by Crippen LogP contribution is 2.18. The fourth-order valence-electron chi connectivity index (χ4n) is 0.968. The van der Waals surface area contributed by atoms with Crippen LogP contribution in [0.2, 0.25) is 0 Å². The van der Waals surface area contributed by atoms with Gasteiger partial charge in [0.15, 0.2) is 0 Å². The first-order valence-electron chi connectivity index (χ1n) is 4.16. The second kappa shape index (κ2) is 5.54. The lowest BCUT2D eigenvalue weighted by Gasteiger charge is -2.32. The zero-order valence-corrected chi connectivity index (χ0v) is 8.00. The molecule has 0 bridgehead atoms. The molecule has 16 heavy (non-hydrogen) atoms. The highest BCUT2D eigenvalue weighted by atomic mass is 16.5. The lowest BCUT2D eigenvalue weighted by molar-refractivity contribution is -0.177. The Hall–Kier alpha value is -0.745. The van der Waals surface area contributed by atoms with E-state index in [1.807, 2.05) is 0 Å². The lowest BCUT2D eigenvalue weighted by atomic mass is 9.63. The summed E-state index contributed by atoms with van der Waals surface area (Å²) in [5, 5.41) is 70.6. The van der Waals surface area contributed by atoms with Crippen molar-refractivity contribution in [2.45, 2.75) is 23.8 Å². The fourth-order valence-corrected chi connectivity index (χ4v) is 0.968. The Balaban J connectivity index is 5.03. The van der Waals surface area contributed by atoms with Gasteiger partial charge in [0.1, 0.15) is 18.3 Å². The van der Waals surface area contributed by atoms with Crippen LogP contribution in [0.4, 0.5) is 0 Å². The summed E-state index contributed by atoms with van der Waals surface area (Å²) in [7, 11) is -2.89.